The minimum atomic E-state index is -4.83. The highest BCUT2D eigenvalue weighted by atomic mass is 79.9. The van der Waals surface area contributed by atoms with Crippen LogP contribution < -0.4 is 20.5 Å². The molecule has 0 saturated heterocycles. The van der Waals surface area contributed by atoms with Gasteiger partial charge in [0.15, 0.2) is 0 Å². The molecule has 3 N–H and O–H groups in total. The number of nitrogens with one attached hydrogen (secondary N) is 1. The number of carbonyl (C=O) groups excluding carboxylic acids is 2. The number of hydrogen-bond acceptors (Lipinski definition) is 4. The van der Waals surface area contributed by atoms with E-state index in [1.807, 2.05) is 0 Å². The van der Waals surface area contributed by atoms with Gasteiger partial charge < -0.3 is 20.5 Å². The van der Waals surface area contributed by atoms with Gasteiger partial charge in [0.25, 0.3) is 5.91 Å². The first-order chi connectivity index (χ1) is 12.1. The Hall–Kier alpha value is -2.75. The number of carbonyl (C=O) groups is 2. The number of ether oxygens (including phenoxy) is 2. The lowest BCUT2D eigenvalue weighted by Gasteiger charge is -2.13. The van der Waals surface area contributed by atoms with Crippen molar-refractivity contribution in [1.82, 2.24) is 0 Å². The molecule has 10 heteroatoms. The Morgan fingerprint density at radius 2 is 1.85 bits per heavy atom. The number of amides is 2. The van der Waals surface area contributed by atoms with Crippen molar-refractivity contribution in [2.75, 3.05) is 12.4 Å². The van der Waals surface area contributed by atoms with Crippen molar-refractivity contribution in [3.8, 4) is 11.5 Å². The van der Waals surface area contributed by atoms with Crippen molar-refractivity contribution >= 4 is 33.4 Å². The SMILES string of the molecule is COc1ccc(C(N)=O)cc1C(=O)Nc1ccc(OC(F)(F)F)cc1Br. The van der Waals surface area contributed by atoms with Gasteiger partial charge in [-0.3, -0.25) is 9.59 Å². The lowest BCUT2D eigenvalue weighted by atomic mass is 10.1. The first-order valence-corrected chi connectivity index (χ1v) is 7.74. The zero-order valence-corrected chi connectivity index (χ0v) is 14.8. The number of primary amides is 1. The van der Waals surface area contributed by atoms with Crippen molar-refractivity contribution in [2.24, 2.45) is 5.73 Å². The van der Waals surface area contributed by atoms with Crippen LogP contribution in [0.15, 0.2) is 40.9 Å². The van der Waals surface area contributed by atoms with Gasteiger partial charge >= 0.3 is 6.36 Å². The molecule has 0 atom stereocenters. The summed E-state index contributed by atoms with van der Waals surface area (Å²) in [7, 11) is 1.34. The molecule has 6 nitrogen and oxygen atoms in total. The summed E-state index contributed by atoms with van der Waals surface area (Å²) in [5, 5.41) is 2.50. The molecule has 0 spiro atoms. The molecule has 0 aliphatic carbocycles. The summed E-state index contributed by atoms with van der Waals surface area (Å²) < 4.78 is 45.7. The van der Waals surface area contributed by atoms with Crippen molar-refractivity contribution in [3.05, 3.63) is 52.0 Å². The zero-order chi connectivity index (χ0) is 19.5. The van der Waals surface area contributed by atoms with Crippen LogP contribution in [0.4, 0.5) is 18.9 Å². The summed E-state index contributed by atoms with van der Waals surface area (Å²) in [5.74, 6) is -1.62. The number of hydrogen-bond donors (Lipinski definition) is 2. The molecule has 2 aromatic rings. The van der Waals surface area contributed by atoms with E-state index in [-0.39, 0.29) is 27.0 Å². The minimum Gasteiger partial charge on any atom is -0.496 e. The van der Waals surface area contributed by atoms with E-state index < -0.39 is 23.9 Å². The average Bonchev–Trinajstić information content (AvgIpc) is 2.55. The molecule has 0 fully saturated rings. The second-order valence-corrected chi connectivity index (χ2v) is 5.78. The highest BCUT2D eigenvalue weighted by Gasteiger charge is 2.31. The van der Waals surface area contributed by atoms with Crippen molar-refractivity contribution in [2.45, 2.75) is 6.36 Å². The van der Waals surface area contributed by atoms with Crippen LogP contribution >= 0.6 is 15.9 Å². The van der Waals surface area contributed by atoms with Gasteiger partial charge in [-0.2, -0.15) is 0 Å². The normalized spacial score (nSPS) is 11.0. The van der Waals surface area contributed by atoms with Crippen molar-refractivity contribution in [3.63, 3.8) is 0 Å². The number of methoxy groups -OCH3 is 1. The Balaban J connectivity index is 2.27. The Labute approximate surface area is 154 Å². The summed E-state index contributed by atoms with van der Waals surface area (Å²) in [4.78, 5) is 23.7. The van der Waals surface area contributed by atoms with E-state index in [2.05, 4.69) is 26.0 Å². The quantitative estimate of drug-likeness (QED) is 0.753. The third-order valence-corrected chi connectivity index (χ3v) is 3.81. The fourth-order valence-electron chi connectivity index (χ4n) is 2.02. The number of halogens is 4. The van der Waals surface area contributed by atoms with E-state index in [1.165, 1.54) is 31.4 Å². The summed E-state index contributed by atoms with van der Waals surface area (Å²) in [5.41, 5.74) is 5.52. The molecule has 26 heavy (non-hydrogen) atoms. The van der Waals surface area contributed by atoms with Gasteiger partial charge in [-0.1, -0.05) is 0 Å². The molecule has 0 heterocycles. The molecule has 0 aliphatic rings. The summed E-state index contributed by atoms with van der Waals surface area (Å²) >= 11 is 3.06. The van der Waals surface area contributed by atoms with Gasteiger partial charge in [0, 0.05) is 10.0 Å². The van der Waals surface area contributed by atoms with E-state index in [4.69, 9.17) is 10.5 Å². The summed E-state index contributed by atoms with van der Waals surface area (Å²) in [6.45, 7) is 0. The molecule has 2 amide bonds. The number of anilines is 1. The van der Waals surface area contributed by atoms with Gasteiger partial charge in [0.1, 0.15) is 11.5 Å². The predicted octanol–water partition coefficient (Wildman–Crippen LogP) is 3.71. The summed E-state index contributed by atoms with van der Waals surface area (Å²) in [6.07, 6.45) is -4.83. The lowest BCUT2D eigenvalue weighted by molar-refractivity contribution is -0.274. The molecule has 2 aromatic carbocycles. The maximum atomic E-state index is 12.5. The van der Waals surface area contributed by atoms with Crippen LogP contribution in [0, 0.1) is 0 Å². The van der Waals surface area contributed by atoms with Crippen LogP contribution in [0.2, 0.25) is 0 Å². The van der Waals surface area contributed by atoms with E-state index in [1.54, 1.807) is 0 Å². The second-order valence-electron chi connectivity index (χ2n) is 4.92. The maximum Gasteiger partial charge on any atom is 0.573 e. The largest absolute Gasteiger partial charge is 0.573 e. The maximum absolute atomic E-state index is 12.5. The molecule has 2 rings (SSSR count). The summed E-state index contributed by atoms with van der Waals surface area (Å²) in [6, 6.07) is 7.39. The van der Waals surface area contributed by atoms with Crippen LogP contribution in [0.5, 0.6) is 11.5 Å². The molecule has 0 bridgehead atoms. The third-order valence-electron chi connectivity index (χ3n) is 3.15. The minimum absolute atomic E-state index is 0.0336. The van der Waals surface area contributed by atoms with Gasteiger partial charge in [0.2, 0.25) is 5.91 Å². The van der Waals surface area contributed by atoms with E-state index in [0.29, 0.717) is 0 Å². The van der Waals surface area contributed by atoms with Crippen molar-refractivity contribution in [1.29, 1.82) is 0 Å². The molecule has 0 aromatic heterocycles. The standard InChI is InChI=1S/C16H12BrF3N2O4/c1-25-13-5-2-8(14(21)23)6-10(13)15(24)22-12-4-3-9(7-11(12)17)26-16(18,19)20/h2-7H,1H3,(H2,21,23)(H,22,24). The fraction of sp³-hybridized carbons (Fsp3) is 0.125. The number of nitrogens with two attached hydrogens (primary N) is 1. The second kappa shape index (κ2) is 7.65. The number of benzene rings is 2. The molecule has 0 unspecified atom stereocenters. The highest BCUT2D eigenvalue weighted by molar-refractivity contribution is 9.10. The van der Waals surface area contributed by atoms with E-state index in [9.17, 15) is 22.8 Å². The molecular weight excluding hydrogens is 421 g/mol. The Morgan fingerprint density at radius 3 is 2.38 bits per heavy atom. The Bertz CT molecular complexity index is 856. The van der Waals surface area contributed by atoms with Gasteiger partial charge in [-0.25, -0.2) is 0 Å². The Kier molecular flexibility index (Phi) is 5.76. The molecule has 0 aliphatic heterocycles. The zero-order valence-electron chi connectivity index (χ0n) is 13.2. The van der Waals surface area contributed by atoms with Crippen LogP contribution in [0.1, 0.15) is 20.7 Å². The third kappa shape index (κ3) is 4.88. The first-order valence-electron chi connectivity index (χ1n) is 6.95. The molecule has 0 radical (unpaired) electrons. The van der Waals surface area contributed by atoms with Gasteiger partial charge in [0.05, 0.1) is 18.4 Å². The predicted molar refractivity (Wildman–Crippen MR) is 90.3 cm³/mol. The van der Waals surface area contributed by atoms with Gasteiger partial charge in [-0.05, 0) is 52.3 Å². The lowest BCUT2D eigenvalue weighted by Crippen LogP contribution is -2.18. The molecular formula is C16H12BrF3N2O4. The Morgan fingerprint density at radius 1 is 1.15 bits per heavy atom. The van der Waals surface area contributed by atoms with Crippen LogP contribution in [-0.2, 0) is 0 Å². The average molecular weight is 433 g/mol. The molecule has 0 saturated carbocycles. The van der Waals surface area contributed by atoms with Crippen LogP contribution in [-0.4, -0.2) is 25.3 Å². The number of rotatable bonds is 5. The number of alkyl halides is 3. The fourth-order valence-corrected chi connectivity index (χ4v) is 2.48. The van der Waals surface area contributed by atoms with Crippen molar-refractivity contribution < 1.29 is 32.2 Å². The van der Waals surface area contributed by atoms with Crippen LogP contribution in [0.25, 0.3) is 0 Å². The van der Waals surface area contributed by atoms with E-state index in [0.717, 1.165) is 12.1 Å². The smallest absolute Gasteiger partial charge is 0.496 e. The van der Waals surface area contributed by atoms with Crippen LogP contribution in [0.3, 0.4) is 0 Å². The molecule has 138 valence electrons. The topological polar surface area (TPSA) is 90.7 Å². The van der Waals surface area contributed by atoms with Gasteiger partial charge in [-0.15, -0.1) is 13.2 Å². The highest BCUT2D eigenvalue weighted by Crippen LogP contribution is 2.31. The first kappa shape index (κ1) is 19.6. The van der Waals surface area contributed by atoms with E-state index >= 15 is 0 Å². The monoisotopic (exact) mass is 432 g/mol.